The molecule has 0 saturated carbocycles. The summed E-state index contributed by atoms with van der Waals surface area (Å²) in [7, 11) is 0. The summed E-state index contributed by atoms with van der Waals surface area (Å²) in [6.07, 6.45) is 2.95. The molecule has 0 spiro atoms. The normalized spacial score (nSPS) is 14.3. The smallest absolute Gasteiger partial charge is 0.379 e. The summed E-state index contributed by atoms with van der Waals surface area (Å²) in [5.41, 5.74) is 0.715. The van der Waals surface area contributed by atoms with Crippen LogP contribution >= 0.6 is 38.9 Å². The van der Waals surface area contributed by atoms with Crippen molar-refractivity contribution in [3.8, 4) is 11.5 Å². The maximum atomic E-state index is 12.5. The lowest BCUT2D eigenvalue weighted by Gasteiger charge is -2.10. The van der Waals surface area contributed by atoms with Gasteiger partial charge >= 0.3 is 11.9 Å². The lowest BCUT2D eigenvalue weighted by molar-refractivity contribution is -0.129. The van der Waals surface area contributed by atoms with Crippen LogP contribution in [0.1, 0.15) is 27.9 Å². The van der Waals surface area contributed by atoms with Gasteiger partial charge in [0.05, 0.1) is 17.9 Å². The van der Waals surface area contributed by atoms with Crippen molar-refractivity contribution in [2.75, 3.05) is 6.61 Å². The van der Waals surface area contributed by atoms with E-state index < -0.39 is 11.9 Å². The lowest BCUT2D eigenvalue weighted by atomic mass is 10.1. The van der Waals surface area contributed by atoms with Gasteiger partial charge in [-0.05, 0) is 55.0 Å². The van der Waals surface area contributed by atoms with Crippen molar-refractivity contribution in [1.29, 1.82) is 0 Å². The molecule has 2 aromatic carbocycles. The van der Waals surface area contributed by atoms with Gasteiger partial charge in [0.2, 0.25) is 11.7 Å². The number of fused-ring (bicyclic) bond motifs is 1. The van der Waals surface area contributed by atoms with Crippen LogP contribution in [0.3, 0.4) is 0 Å². The Morgan fingerprint density at radius 1 is 1.20 bits per heavy atom. The van der Waals surface area contributed by atoms with Gasteiger partial charge in [-0.25, -0.2) is 14.6 Å². The number of carbonyl (C=O) groups is 2. The average molecular weight is 573 g/mol. The first-order valence-corrected chi connectivity index (χ1v) is 12.3. The van der Waals surface area contributed by atoms with Crippen molar-refractivity contribution in [2.24, 2.45) is 4.99 Å². The van der Waals surface area contributed by atoms with Crippen molar-refractivity contribution < 1.29 is 28.2 Å². The Balaban J connectivity index is 1.44. The van der Waals surface area contributed by atoms with E-state index in [4.69, 9.17) is 30.2 Å². The monoisotopic (exact) mass is 571 g/mol. The number of furan rings is 1. The van der Waals surface area contributed by atoms with Crippen molar-refractivity contribution in [2.45, 2.75) is 6.92 Å². The quantitative estimate of drug-likeness (QED) is 0.142. The standard InChI is InChI=1S/C25H15BrClNO6S/c1-2-31-19-11-13(5-8-17(19)33-25(30)18-4-3-9-32-18)10-16-24(29)34-23(28-16)22-21(27)15-7-6-14(26)12-20(15)35-22/h3-12H,2H2,1H3/b16-10+. The number of nitrogens with zero attached hydrogens (tertiary/aromatic N) is 1. The number of hydrogen-bond acceptors (Lipinski definition) is 8. The minimum Gasteiger partial charge on any atom is -0.490 e. The first-order chi connectivity index (χ1) is 16.9. The highest BCUT2D eigenvalue weighted by Gasteiger charge is 2.28. The second-order valence-electron chi connectivity index (χ2n) is 7.23. The predicted molar refractivity (Wildman–Crippen MR) is 136 cm³/mol. The van der Waals surface area contributed by atoms with Crippen LogP contribution in [0, 0.1) is 0 Å². The Bertz CT molecular complexity index is 1520. The van der Waals surface area contributed by atoms with Gasteiger partial charge in [0.25, 0.3) is 0 Å². The molecule has 10 heteroatoms. The number of hydrogen-bond donors (Lipinski definition) is 0. The molecule has 0 amide bonds. The summed E-state index contributed by atoms with van der Waals surface area (Å²) in [6, 6.07) is 13.7. The molecule has 35 heavy (non-hydrogen) atoms. The van der Waals surface area contributed by atoms with E-state index in [1.165, 1.54) is 23.7 Å². The molecule has 0 fully saturated rings. The van der Waals surface area contributed by atoms with Crippen LogP contribution < -0.4 is 9.47 Å². The Morgan fingerprint density at radius 3 is 2.83 bits per heavy atom. The first-order valence-electron chi connectivity index (χ1n) is 10.4. The summed E-state index contributed by atoms with van der Waals surface area (Å²) < 4.78 is 23.4. The molecule has 176 valence electrons. The number of ether oxygens (including phenoxy) is 3. The summed E-state index contributed by atoms with van der Waals surface area (Å²) in [6.45, 7) is 2.15. The molecular weight excluding hydrogens is 558 g/mol. The number of cyclic esters (lactones) is 1. The number of thiophene rings is 1. The molecule has 0 saturated heterocycles. The van der Waals surface area contributed by atoms with Gasteiger partial charge in [0.15, 0.2) is 17.2 Å². The van der Waals surface area contributed by atoms with E-state index in [1.807, 2.05) is 25.1 Å². The minimum absolute atomic E-state index is 0.0708. The Labute approximate surface area is 216 Å². The molecule has 0 unspecified atom stereocenters. The van der Waals surface area contributed by atoms with Gasteiger partial charge in [-0.15, -0.1) is 11.3 Å². The first kappa shape index (κ1) is 23.3. The largest absolute Gasteiger partial charge is 0.490 e. The molecular formula is C25H15BrClNO6S. The van der Waals surface area contributed by atoms with Crippen LogP contribution in [-0.4, -0.2) is 24.4 Å². The Morgan fingerprint density at radius 2 is 2.06 bits per heavy atom. The number of rotatable bonds is 6. The Kier molecular flexibility index (Phi) is 6.46. The van der Waals surface area contributed by atoms with E-state index in [2.05, 4.69) is 20.9 Å². The highest BCUT2D eigenvalue weighted by Crippen LogP contribution is 2.39. The van der Waals surface area contributed by atoms with Gasteiger partial charge in [-0.1, -0.05) is 39.7 Å². The summed E-state index contributed by atoms with van der Waals surface area (Å²) in [4.78, 5) is 29.7. The van der Waals surface area contributed by atoms with Gasteiger partial charge in [-0.3, -0.25) is 0 Å². The SMILES string of the molecule is CCOc1cc(/C=C2/N=C(c3sc4cc(Br)ccc4c3Cl)OC2=O)ccc1OC(=O)c1ccco1. The van der Waals surface area contributed by atoms with Crippen LogP contribution in [0.4, 0.5) is 0 Å². The van der Waals surface area contributed by atoms with E-state index >= 15 is 0 Å². The molecule has 2 aromatic heterocycles. The molecule has 0 N–H and O–H groups in total. The molecule has 7 nitrogen and oxygen atoms in total. The zero-order chi connectivity index (χ0) is 24.5. The second kappa shape index (κ2) is 9.69. The van der Waals surface area contributed by atoms with Gasteiger partial charge in [0.1, 0.15) is 4.88 Å². The number of aliphatic imine (C=N–C) groups is 1. The molecule has 0 atom stereocenters. The van der Waals surface area contributed by atoms with Crippen LogP contribution in [0.15, 0.2) is 74.4 Å². The number of esters is 2. The summed E-state index contributed by atoms with van der Waals surface area (Å²) in [5, 5.41) is 1.33. The van der Waals surface area contributed by atoms with Crippen LogP contribution in [0.25, 0.3) is 16.2 Å². The van der Waals surface area contributed by atoms with E-state index in [9.17, 15) is 9.59 Å². The molecule has 0 bridgehead atoms. The van der Waals surface area contributed by atoms with Crippen molar-refractivity contribution in [3.05, 3.63) is 86.2 Å². The van der Waals surface area contributed by atoms with E-state index in [-0.39, 0.29) is 23.1 Å². The lowest BCUT2D eigenvalue weighted by Crippen LogP contribution is -2.08. The third kappa shape index (κ3) is 4.75. The molecule has 0 radical (unpaired) electrons. The number of carbonyl (C=O) groups excluding carboxylic acids is 2. The van der Waals surface area contributed by atoms with Crippen molar-refractivity contribution >= 4 is 72.9 Å². The van der Waals surface area contributed by atoms with Crippen LogP contribution in [0.2, 0.25) is 5.02 Å². The minimum atomic E-state index is -0.650. The third-order valence-electron chi connectivity index (χ3n) is 4.90. The van der Waals surface area contributed by atoms with Gasteiger partial charge in [0, 0.05) is 14.6 Å². The topological polar surface area (TPSA) is 87.3 Å². The third-order valence-corrected chi connectivity index (χ3v) is 7.04. The second-order valence-corrected chi connectivity index (χ2v) is 9.57. The number of benzene rings is 2. The summed E-state index contributed by atoms with van der Waals surface area (Å²) in [5.74, 6) is -0.477. The maximum absolute atomic E-state index is 12.5. The Hall–Kier alpha value is -3.40. The molecule has 0 aliphatic carbocycles. The van der Waals surface area contributed by atoms with Crippen LogP contribution in [-0.2, 0) is 9.53 Å². The summed E-state index contributed by atoms with van der Waals surface area (Å²) >= 11 is 11.4. The highest BCUT2D eigenvalue weighted by molar-refractivity contribution is 9.10. The zero-order valence-corrected chi connectivity index (χ0v) is 21.2. The zero-order valence-electron chi connectivity index (χ0n) is 18.0. The van der Waals surface area contributed by atoms with Crippen molar-refractivity contribution in [3.63, 3.8) is 0 Å². The molecule has 5 rings (SSSR count). The predicted octanol–water partition coefficient (Wildman–Crippen LogP) is 6.87. The molecule has 1 aliphatic rings. The van der Waals surface area contributed by atoms with E-state index in [0.29, 0.717) is 27.8 Å². The molecule has 3 heterocycles. The molecule has 1 aliphatic heterocycles. The van der Waals surface area contributed by atoms with E-state index in [1.54, 1.807) is 30.3 Å². The maximum Gasteiger partial charge on any atom is 0.379 e. The van der Waals surface area contributed by atoms with Crippen molar-refractivity contribution in [1.82, 2.24) is 0 Å². The fourth-order valence-electron chi connectivity index (χ4n) is 3.35. The van der Waals surface area contributed by atoms with Gasteiger partial charge in [-0.2, -0.15) is 0 Å². The number of halogens is 2. The highest BCUT2D eigenvalue weighted by atomic mass is 79.9. The molecule has 4 aromatic rings. The van der Waals surface area contributed by atoms with E-state index in [0.717, 1.165) is 14.6 Å². The fourth-order valence-corrected chi connectivity index (χ4v) is 5.34. The fraction of sp³-hybridized carbons (Fsp3) is 0.0800. The average Bonchev–Trinajstić information content (AvgIpc) is 3.56. The van der Waals surface area contributed by atoms with Crippen LogP contribution in [0.5, 0.6) is 11.5 Å². The van der Waals surface area contributed by atoms with Gasteiger partial charge < -0.3 is 18.6 Å².